The van der Waals surface area contributed by atoms with Crippen molar-refractivity contribution in [3.8, 4) is 0 Å². The Morgan fingerprint density at radius 3 is 2.86 bits per heavy atom. The van der Waals surface area contributed by atoms with Gasteiger partial charge in [-0.25, -0.2) is 0 Å². The first-order valence-corrected chi connectivity index (χ1v) is 8.26. The third kappa shape index (κ3) is 3.92. The van der Waals surface area contributed by atoms with Crippen LogP contribution in [0.15, 0.2) is 18.3 Å². The van der Waals surface area contributed by atoms with Gasteiger partial charge in [0.05, 0.1) is 0 Å². The van der Waals surface area contributed by atoms with Crippen molar-refractivity contribution in [1.29, 1.82) is 0 Å². The summed E-state index contributed by atoms with van der Waals surface area (Å²) < 4.78 is 0. The van der Waals surface area contributed by atoms with Crippen LogP contribution in [0.1, 0.15) is 25.7 Å². The first-order chi connectivity index (χ1) is 10.3. The molecule has 0 spiro atoms. The van der Waals surface area contributed by atoms with Crippen molar-refractivity contribution in [2.24, 2.45) is 5.92 Å². The lowest BCUT2D eigenvalue weighted by Gasteiger charge is -2.39. The van der Waals surface area contributed by atoms with Gasteiger partial charge in [-0.1, -0.05) is 0 Å². The van der Waals surface area contributed by atoms with E-state index in [9.17, 15) is 0 Å². The molecule has 3 rings (SSSR count). The van der Waals surface area contributed by atoms with Gasteiger partial charge in [0.15, 0.2) is 5.82 Å². The number of rotatable bonds is 4. The molecule has 116 valence electrons. The number of nitrogens with one attached hydrogen (secondary N) is 1. The maximum Gasteiger partial charge on any atom is 0.151 e. The van der Waals surface area contributed by atoms with Gasteiger partial charge in [-0.05, 0) is 63.9 Å². The number of nitrogens with zero attached hydrogens (tertiary/aromatic N) is 4. The molecule has 1 aromatic rings. The fourth-order valence-electron chi connectivity index (χ4n) is 3.63. The highest BCUT2D eigenvalue weighted by Crippen LogP contribution is 2.21. The fraction of sp³-hybridized carbons (Fsp3) is 0.750. The van der Waals surface area contributed by atoms with E-state index >= 15 is 0 Å². The second kappa shape index (κ2) is 7.18. The number of aromatic nitrogens is 2. The van der Waals surface area contributed by atoms with E-state index in [-0.39, 0.29) is 0 Å². The quantitative estimate of drug-likeness (QED) is 0.907. The zero-order chi connectivity index (χ0) is 14.5. The van der Waals surface area contributed by atoms with Crippen molar-refractivity contribution in [1.82, 2.24) is 20.4 Å². The molecule has 1 N–H and O–H groups in total. The Kier molecular flexibility index (Phi) is 5.04. The van der Waals surface area contributed by atoms with Crippen molar-refractivity contribution in [3.05, 3.63) is 18.3 Å². The minimum absolute atomic E-state index is 0.722. The number of anilines is 1. The highest BCUT2D eigenvalue weighted by atomic mass is 15.3. The molecule has 0 bridgehead atoms. The Hall–Kier alpha value is -1.20. The summed E-state index contributed by atoms with van der Waals surface area (Å²) in [6, 6.07) is 4.75. The van der Waals surface area contributed by atoms with Crippen LogP contribution in [0.2, 0.25) is 0 Å². The molecular formula is C16H27N5. The molecule has 2 fully saturated rings. The van der Waals surface area contributed by atoms with Gasteiger partial charge in [0.25, 0.3) is 0 Å². The molecule has 0 saturated carbocycles. The van der Waals surface area contributed by atoms with E-state index in [4.69, 9.17) is 0 Å². The van der Waals surface area contributed by atoms with Crippen LogP contribution in [0.4, 0.5) is 5.82 Å². The molecular weight excluding hydrogens is 262 g/mol. The molecule has 2 aliphatic rings. The van der Waals surface area contributed by atoms with Gasteiger partial charge in [0, 0.05) is 31.9 Å². The largest absolute Gasteiger partial charge is 0.355 e. The summed E-state index contributed by atoms with van der Waals surface area (Å²) in [7, 11) is 2.30. The van der Waals surface area contributed by atoms with Crippen molar-refractivity contribution in [2.75, 3.05) is 44.7 Å². The minimum atomic E-state index is 0.722. The van der Waals surface area contributed by atoms with Crippen LogP contribution in [-0.4, -0.2) is 60.9 Å². The maximum absolute atomic E-state index is 4.22. The Labute approximate surface area is 127 Å². The second-order valence-electron chi connectivity index (χ2n) is 6.45. The van der Waals surface area contributed by atoms with Crippen LogP contribution in [0.3, 0.4) is 0 Å². The van der Waals surface area contributed by atoms with Crippen molar-refractivity contribution < 1.29 is 0 Å². The zero-order valence-corrected chi connectivity index (χ0v) is 13.0. The van der Waals surface area contributed by atoms with Crippen molar-refractivity contribution in [2.45, 2.75) is 31.7 Å². The van der Waals surface area contributed by atoms with E-state index in [1.165, 1.54) is 45.3 Å². The molecule has 5 nitrogen and oxygen atoms in total. The van der Waals surface area contributed by atoms with E-state index in [0.717, 1.165) is 30.9 Å². The molecule has 0 aromatic carbocycles. The number of hydrogen-bond donors (Lipinski definition) is 1. The van der Waals surface area contributed by atoms with Gasteiger partial charge in [0.2, 0.25) is 0 Å². The summed E-state index contributed by atoms with van der Waals surface area (Å²) in [6.07, 6.45) is 6.92. The highest BCUT2D eigenvalue weighted by Gasteiger charge is 2.25. The van der Waals surface area contributed by atoms with Crippen LogP contribution >= 0.6 is 0 Å². The average molecular weight is 289 g/mol. The van der Waals surface area contributed by atoms with Crippen LogP contribution in [0.5, 0.6) is 0 Å². The molecule has 0 amide bonds. The van der Waals surface area contributed by atoms with Gasteiger partial charge in [-0.3, -0.25) is 0 Å². The van der Waals surface area contributed by atoms with Gasteiger partial charge in [-0.2, -0.15) is 5.10 Å². The SMILES string of the molecule is CN(CC1CCCNC1)C1CCN(c2cccnn2)CC1. The van der Waals surface area contributed by atoms with Gasteiger partial charge < -0.3 is 15.1 Å². The Morgan fingerprint density at radius 1 is 1.33 bits per heavy atom. The van der Waals surface area contributed by atoms with Crippen molar-refractivity contribution in [3.63, 3.8) is 0 Å². The monoisotopic (exact) mass is 289 g/mol. The third-order valence-corrected chi connectivity index (χ3v) is 4.92. The van der Waals surface area contributed by atoms with Gasteiger partial charge in [-0.15, -0.1) is 5.10 Å². The topological polar surface area (TPSA) is 44.3 Å². The fourth-order valence-corrected chi connectivity index (χ4v) is 3.63. The molecule has 5 heteroatoms. The van der Waals surface area contributed by atoms with E-state index in [1.54, 1.807) is 6.20 Å². The predicted molar refractivity (Wildman–Crippen MR) is 85.5 cm³/mol. The predicted octanol–water partition coefficient (Wildman–Crippen LogP) is 1.38. The molecule has 0 radical (unpaired) electrons. The van der Waals surface area contributed by atoms with Crippen LogP contribution in [0.25, 0.3) is 0 Å². The molecule has 0 aliphatic carbocycles. The third-order valence-electron chi connectivity index (χ3n) is 4.92. The second-order valence-corrected chi connectivity index (χ2v) is 6.45. The van der Waals surface area contributed by atoms with E-state index in [2.05, 4.69) is 38.4 Å². The lowest BCUT2D eigenvalue weighted by Crippen LogP contribution is -2.46. The number of piperidine rings is 2. The Morgan fingerprint density at radius 2 is 2.19 bits per heavy atom. The normalized spacial score (nSPS) is 24.5. The van der Waals surface area contributed by atoms with E-state index < -0.39 is 0 Å². The van der Waals surface area contributed by atoms with Crippen LogP contribution < -0.4 is 10.2 Å². The molecule has 2 aliphatic heterocycles. The van der Waals surface area contributed by atoms with Crippen LogP contribution in [0, 0.1) is 5.92 Å². The Bertz CT molecular complexity index is 410. The lowest BCUT2D eigenvalue weighted by molar-refractivity contribution is 0.166. The first-order valence-electron chi connectivity index (χ1n) is 8.26. The van der Waals surface area contributed by atoms with Gasteiger partial charge >= 0.3 is 0 Å². The zero-order valence-electron chi connectivity index (χ0n) is 13.0. The lowest BCUT2D eigenvalue weighted by atomic mass is 9.97. The summed E-state index contributed by atoms with van der Waals surface area (Å²) >= 11 is 0. The molecule has 1 atom stereocenters. The standard InChI is InChI=1S/C16H27N5/c1-20(13-14-4-2-8-17-12-14)15-6-10-21(11-7-15)16-5-3-9-18-19-16/h3,5,9,14-15,17H,2,4,6-8,10-13H2,1H3. The molecule has 3 heterocycles. The summed E-state index contributed by atoms with van der Waals surface area (Å²) in [5, 5.41) is 11.7. The summed E-state index contributed by atoms with van der Waals surface area (Å²) in [4.78, 5) is 4.95. The van der Waals surface area contributed by atoms with Crippen LogP contribution in [-0.2, 0) is 0 Å². The van der Waals surface area contributed by atoms with E-state index in [0.29, 0.717) is 0 Å². The molecule has 1 unspecified atom stereocenters. The first kappa shape index (κ1) is 14.7. The molecule has 2 saturated heterocycles. The van der Waals surface area contributed by atoms with E-state index in [1.807, 2.05) is 6.07 Å². The summed E-state index contributed by atoms with van der Waals surface area (Å²) in [5.41, 5.74) is 0. The highest BCUT2D eigenvalue weighted by molar-refractivity contribution is 5.36. The Balaban J connectivity index is 1.46. The molecule has 1 aromatic heterocycles. The maximum atomic E-state index is 4.22. The van der Waals surface area contributed by atoms with Gasteiger partial charge in [0.1, 0.15) is 0 Å². The molecule has 21 heavy (non-hydrogen) atoms. The van der Waals surface area contributed by atoms with Crippen molar-refractivity contribution >= 4 is 5.82 Å². The number of hydrogen-bond acceptors (Lipinski definition) is 5. The smallest absolute Gasteiger partial charge is 0.151 e. The minimum Gasteiger partial charge on any atom is -0.355 e. The summed E-state index contributed by atoms with van der Waals surface area (Å²) in [5.74, 6) is 1.86. The summed E-state index contributed by atoms with van der Waals surface area (Å²) in [6.45, 7) is 5.83. The average Bonchev–Trinajstić information content (AvgIpc) is 2.57.